The fourth-order valence-electron chi connectivity index (χ4n) is 2.43. The minimum absolute atomic E-state index is 0.00839. The molecule has 9 heteroatoms. The second kappa shape index (κ2) is 7.65. The van der Waals surface area contributed by atoms with Gasteiger partial charge in [0.1, 0.15) is 5.75 Å². The lowest BCUT2D eigenvalue weighted by Crippen LogP contribution is -2.13. The Labute approximate surface area is 161 Å². The van der Waals surface area contributed by atoms with E-state index >= 15 is 0 Å². The number of aromatic nitrogens is 2. The summed E-state index contributed by atoms with van der Waals surface area (Å²) in [5.41, 5.74) is 1.90. The number of nitrogens with one attached hydrogen (secondary N) is 1. The molecule has 0 amide bonds. The summed E-state index contributed by atoms with van der Waals surface area (Å²) in [5.74, 6) is -0.668. The van der Waals surface area contributed by atoms with Crippen LogP contribution < -0.4 is 9.46 Å². The van der Waals surface area contributed by atoms with Crippen LogP contribution in [0.15, 0.2) is 59.5 Å². The third kappa shape index (κ3) is 4.63. The standard InChI is InChI=1S/C19H17N3O5S/c1-12-11-13(2)21-19(20-12)27-16-7-5-15(6-8-16)22-28(25,26)17-9-3-14(4-10-17)18(23)24/h3-11,22H,1-2H3,(H,23,24). The summed E-state index contributed by atoms with van der Waals surface area (Å²) in [6.07, 6.45) is 0. The van der Waals surface area contributed by atoms with Gasteiger partial charge in [0.25, 0.3) is 10.0 Å². The van der Waals surface area contributed by atoms with Gasteiger partial charge < -0.3 is 9.84 Å². The molecule has 0 aliphatic rings. The first-order chi connectivity index (χ1) is 13.2. The molecule has 0 aliphatic heterocycles. The molecule has 1 aromatic heterocycles. The van der Waals surface area contributed by atoms with Crippen LogP contribution in [0.5, 0.6) is 11.8 Å². The number of nitrogens with zero attached hydrogens (tertiary/aromatic N) is 2. The summed E-state index contributed by atoms with van der Waals surface area (Å²) < 4.78 is 32.9. The van der Waals surface area contributed by atoms with Crippen LogP contribution >= 0.6 is 0 Å². The quantitative estimate of drug-likeness (QED) is 0.652. The number of rotatable bonds is 6. The summed E-state index contributed by atoms with van der Waals surface area (Å²) in [6.45, 7) is 3.67. The molecule has 144 valence electrons. The fraction of sp³-hybridized carbons (Fsp3) is 0.105. The molecule has 0 saturated heterocycles. The number of carbonyl (C=O) groups is 1. The van der Waals surface area contributed by atoms with Crippen molar-refractivity contribution in [3.8, 4) is 11.8 Å². The molecule has 28 heavy (non-hydrogen) atoms. The number of ether oxygens (including phenoxy) is 1. The van der Waals surface area contributed by atoms with Crippen molar-refractivity contribution in [3.63, 3.8) is 0 Å². The molecule has 0 spiro atoms. The molecule has 3 aromatic rings. The lowest BCUT2D eigenvalue weighted by atomic mass is 10.2. The maximum absolute atomic E-state index is 12.4. The van der Waals surface area contributed by atoms with Crippen LogP contribution in [0, 0.1) is 13.8 Å². The molecule has 2 N–H and O–H groups in total. The van der Waals surface area contributed by atoms with Gasteiger partial charge in [-0.25, -0.2) is 23.2 Å². The zero-order valence-corrected chi connectivity index (χ0v) is 15.9. The number of carboxylic acid groups (broad SMARTS) is 1. The number of carboxylic acids is 1. The van der Waals surface area contributed by atoms with E-state index in [0.717, 1.165) is 11.4 Å². The molecule has 3 rings (SSSR count). The highest BCUT2D eigenvalue weighted by Crippen LogP contribution is 2.23. The van der Waals surface area contributed by atoms with Crippen LogP contribution in [0.1, 0.15) is 21.7 Å². The number of aromatic carboxylic acids is 1. The van der Waals surface area contributed by atoms with Gasteiger partial charge in [0.15, 0.2) is 0 Å². The van der Waals surface area contributed by atoms with Crippen LogP contribution in [0.3, 0.4) is 0 Å². The van der Waals surface area contributed by atoms with Crippen LogP contribution in [-0.2, 0) is 10.0 Å². The maximum atomic E-state index is 12.4. The van der Waals surface area contributed by atoms with E-state index in [1.165, 1.54) is 24.3 Å². The summed E-state index contributed by atoms with van der Waals surface area (Å²) in [7, 11) is -3.85. The lowest BCUT2D eigenvalue weighted by molar-refractivity contribution is 0.0696. The predicted octanol–water partition coefficient (Wildman–Crippen LogP) is 3.38. The van der Waals surface area contributed by atoms with Crippen molar-refractivity contribution in [2.45, 2.75) is 18.7 Å². The first-order valence-electron chi connectivity index (χ1n) is 8.19. The predicted molar refractivity (Wildman–Crippen MR) is 102 cm³/mol. The molecule has 0 aliphatic carbocycles. The van der Waals surface area contributed by atoms with E-state index in [1.54, 1.807) is 24.3 Å². The van der Waals surface area contributed by atoms with Crippen LogP contribution in [-0.4, -0.2) is 29.5 Å². The third-order valence-corrected chi connectivity index (χ3v) is 5.09. The number of aryl methyl sites for hydroxylation is 2. The molecule has 0 atom stereocenters. The van der Waals surface area contributed by atoms with Crippen molar-refractivity contribution in [2.24, 2.45) is 0 Å². The average Bonchev–Trinajstić information content (AvgIpc) is 2.62. The summed E-state index contributed by atoms with van der Waals surface area (Å²) >= 11 is 0. The van der Waals surface area contributed by atoms with Gasteiger partial charge in [0.2, 0.25) is 0 Å². The maximum Gasteiger partial charge on any atom is 0.335 e. The van der Waals surface area contributed by atoms with E-state index in [4.69, 9.17) is 9.84 Å². The van der Waals surface area contributed by atoms with Crippen molar-refractivity contribution in [1.82, 2.24) is 9.97 Å². The van der Waals surface area contributed by atoms with Gasteiger partial charge in [-0.3, -0.25) is 4.72 Å². The van der Waals surface area contributed by atoms with E-state index in [0.29, 0.717) is 11.4 Å². The topological polar surface area (TPSA) is 118 Å². The molecular weight excluding hydrogens is 382 g/mol. The number of benzene rings is 2. The normalized spacial score (nSPS) is 11.1. The van der Waals surface area contributed by atoms with E-state index in [1.807, 2.05) is 19.9 Å². The van der Waals surface area contributed by atoms with Gasteiger partial charge in [-0.1, -0.05) is 0 Å². The Kier molecular flexibility index (Phi) is 5.27. The lowest BCUT2D eigenvalue weighted by Gasteiger charge is -2.10. The summed E-state index contributed by atoms with van der Waals surface area (Å²) in [6, 6.07) is 13.2. The van der Waals surface area contributed by atoms with Crippen molar-refractivity contribution in [1.29, 1.82) is 0 Å². The van der Waals surface area contributed by atoms with Crippen LogP contribution in [0.2, 0.25) is 0 Å². The Morgan fingerprint density at radius 2 is 1.54 bits per heavy atom. The highest BCUT2D eigenvalue weighted by Gasteiger charge is 2.15. The van der Waals surface area contributed by atoms with Gasteiger partial charge >= 0.3 is 12.0 Å². The Morgan fingerprint density at radius 1 is 0.964 bits per heavy atom. The minimum Gasteiger partial charge on any atom is -0.478 e. The molecule has 8 nitrogen and oxygen atoms in total. The van der Waals surface area contributed by atoms with Crippen molar-refractivity contribution >= 4 is 21.7 Å². The van der Waals surface area contributed by atoms with Gasteiger partial charge in [-0.15, -0.1) is 0 Å². The van der Waals surface area contributed by atoms with Crippen LogP contribution in [0.4, 0.5) is 5.69 Å². The van der Waals surface area contributed by atoms with Crippen LogP contribution in [0.25, 0.3) is 0 Å². The molecule has 1 heterocycles. The fourth-order valence-corrected chi connectivity index (χ4v) is 3.49. The molecular formula is C19H17N3O5S. The molecule has 0 radical (unpaired) electrons. The monoisotopic (exact) mass is 399 g/mol. The van der Waals surface area contributed by atoms with Gasteiger partial charge in [-0.05, 0) is 68.4 Å². The number of hydrogen-bond donors (Lipinski definition) is 2. The molecule has 0 unspecified atom stereocenters. The number of anilines is 1. The summed E-state index contributed by atoms with van der Waals surface area (Å²) in [4.78, 5) is 19.2. The van der Waals surface area contributed by atoms with Gasteiger partial charge in [0, 0.05) is 17.1 Å². The van der Waals surface area contributed by atoms with E-state index in [2.05, 4.69) is 14.7 Å². The molecule has 2 aromatic carbocycles. The molecule has 0 bridgehead atoms. The Morgan fingerprint density at radius 3 is 2.07 bits per heavy atom. The highest BCUT2D eigenvalue weighted by atomic mass is 32.2. The molecule has 0 saturated carbocycles. The SMILES string of the molecule is Cc1cc(C)nc(Oc2ccc(NS(=O)(=O)c3ccc(C(=O)O)cc3)cc2)n1. The number of hydrogen-bond acceptors (Lipinski definition) is 6. The van der Waals surface area contributed by atoms with E-state index < -0.39 is 16.0 Å². The molecule has 0 fully saturated rings. The highest BCUT2D eigenvalue weighted by molar-refractivity contribution is 7.92. The number of sulfonamides is 1. The van der Waals surface area contributed by atoms with Crippen molar-refractivity contribution in [3.05, 3.63) is 71.5 Å². The first-order valence-corrected chi connectivity index (χ1v) is 9.68. The third-order valence-electron chi connectivity index (χ3n) is 3.69. The Balaban J connectivity index is 1.73. The largest absolute Gasteiger partial charge is 0.478 e. The minimum atomic E-state index is -3.85. The smallest absolute Gasteiger partial charge is 0.335 e. The Hall–Kier alpha value is -3.46. The van der Waals surface area contributed by atoms with Gasteiger partial charge in [-0.2, -0.15) is 0 Å². The van der Waals surface area contributed by atoms with E-state index in [-0.39, 0.29) is 16.5 Å². The van der Waals surface area contributed by atoms with Gasteiger partial charge in [0.05, 0.1) is 10.5 Å². The Bertz CT molecular complexity index is 1090. The summed E-state index contributed by atoms with van der Waals surface area (Å²) in [5, 5.41) is 8.89. The zero-order valence-electron chi connectivity index (χ0n) is 15.1. The second-order valence-corrected chi connectivity index (χ2v) is 7.68. The second-order valence-electron chi connectivity index (χ2n) is 5.99. The van der Waals surface area contributed by atoms with E-state index in [9.17, 15) is 13.2 Å². The zero-order chi connectivity index (χ0) is 20.3. The van der Waals surface area contributed by atoms with Crippen molar-refractivity contribution in [2.75, 3.05) is 4.72 Å². The average molecular weight is 399 g/mol. The first kappa shape index (κ1) is 19.3. The van der Waals surface area contributed by atoms with Crippen molar-refractivity contribution < 1.29 is 23.1 Å².